The van der Waals surface area contributed by atoms with E-state index >= 15 is 0 Å². The molecule has 170 valence electrons. The van der Waals surface area contributed by atoms with Gasteiger partial charge in [0.25, 0.3) is 5.56 Å². The van der Waals surface area contributed by atoms with Crippen LogP contribution in [0.2, 0.25) is 0 Å². The molecule has 5 rings (SSSR count). The predicted octanol–water partition coefficient (Wildman–Crippen LogP) is 2.67. The van der Waals surface area contributed by atoms with Crippen molar-refractivity contribution in [2.45, 2.75) is 46.3 Å². The van der Waals surface area contributed by atoms with E-state index in [9.17, 15) is 19.5 Å². The van der Waals surface area contributed by atoms with Gasteiger partial charge in [-0.25, -0.2) is 14.6 Å². The smallest absolute Gasteiger partial charge is 0.339 e. The Bertz CT molecular complexity index is 1610. The minimum Gasteiger partial charge on any atom is -0.507 e. The summed E-state index contributed by atoms with van der Waals surface area (Å²) in [6.07, 6.45) is 1.60. The van der Waals surface area contributed by atoms with E-state index in [0.29, 0.717) is 40.0 Å². The fraction of sp³-hybridized carbons (Fsp3) is 0.333. The molecular weight excluding hydrogens is 426 g/mol. The van der Waals surface area contributed by atoms with Crippen LogP contribution in [-0.2, 0) is 11.3 Å². The molecule has 1 atom stereocenters. The zero-order valence-electron chi connectivity index (χ0n) is 18.5. The highest BCUT2D eigenvalue weighted by atomic mass is 16.5. The lowest BCUT2D eigenvalue weighted by molar-refractivity contribution is 0.0967. The van der Waals surface area contributed by atoms with Crippen molar-refractivity contribution in [1.82, 2.24) is 14.5 Å². The van der Waals surface area contributed by atoms with Crippen LogP contribution in [0.5, 0.6) is 5.75 Å². The number of aromatic hydroxyl groups is 1. The fourth-order valence-corrected chi connectivity index (χ4v) is 4.39. The second-order valence-corrected chi connectivity index (χ2v) is 8.49. The first-order chi connectivity index (χ1) is 15.8. The molecule has 0 amide bonds. The number of ether oxygens (including phenoxy) is 1. The topological polar surface area (TPSA) is 127 Å². The van der Waals surface area contributed by atoms with Crippen molar-refractivity contribution in [3.63, 3.8) is 0 Å². The standard InChI is InChI=1S/C24H23N3O6/c1-11-12(2)23(30)33-20-13(3)19(28)17(9-16(11)20)18-7-6-15-21(25-18)27(24(31)26-22(15)29)10-14-5-4-8-32-14/h6-7,9,14,28H,4-5,8,10H2,1-3H3,(H,26,29,31). The number of phenols is 1. The van der Waals surface area contributed by atoms with E-state index in [4.69, 9.17) is 9.15 Å². The Kier molecular flexibility index (Phi) is 4.93. The number of aryl methyl sites for hydroxylation is 2. The Hall–Kier alpha value is -3.72. The van der Waals surface area contributed by atoms with Crippen molar-refractivity contribution in [1.29, 1.82) is 0 Å². The molecule has 1 aliphatic heterocycles. The van der Waals surface area contributed by atoms with Crippen LogP contribution in [0.15, 0.2) is 37.0 Å². The Morgan fingerprint density at radius 2 is 1.91 bits per heavy atom. The summed E-state index contributed by atoms with van der Waals surface area (Å²) in [4.78, 5) is 44.1. The van der Waals surface area contributed by atoms with Crippen LogP contribution in [0, 0.1) is 20.8 Å². The quantitative estimate of drug-likeness (QED) is 0.460. The summed E-state index contributed by atoms with van der Waals surface area (Å²) in [5, 5.41) is 11.9. The van der Waals surface area contributed by atoms with Gasteiger partial charge in [-0.05, 0) is 57.4 Å². The Morgan fingerprint density at radius 1 is 1.12 bits per heavy atom. The van der Waals surface area contributed by atoms with Crippen LogP contribution in [-0.4, -0.2) is 32.4 Å². The maximum absolute atomic E-state index is 12.6. The largest absolute Gasteiger partial charge is 0.507 e. The number of rotatable bonds is 3. The molecule has 0 bridgehead atoms. The maximum Gasteiger partial charge on any atom is 0.339 e. The number of aromatic nitrogens is 3. The maximum atomic E-state index is 12.6. The molecule has 1 aliphatic rings. The van der Waals surface area contributed by atoms with E-state index in [1.165, 1.54) is 4.57 Å². The van der Waals surface area contributed by atoms with Gasteiger partial charge in [0, 0.05) is 28.7 Å². The molecule has 3 aromatic heterocycles. The first kappa shape index (κ1) is 21.1. The predicted molar refractivity (Wildman–Crippen MR) is 123 cm³/mol. The second kappa shape index (κ2) is 7.70. The summed E-state index contributed by atoms with van der Waals surface area (Å²) in [6.45, 7) is 6.08. The highest BCUT2D eigenvalue weighted by Gasteiger charge is 2.21. The normalized spacial score (nSPS) is 16.2. The molecule has 0 radical (unpaired) electrons. The molecule has 0 saturated carbocycles. The van der Waals surface area contributed by atoms with Crippen molar-refractivity contribution in [3.05, 3.63) is 66.1 Å². The van der Waals surface area contributed by atoms with Crippen molar-refractivity contribution < 1.29 is 14.3 Å². The number of fused-ring (bicyclic) bond motifs is 2. The van der Waals surface area contributed by atoms with Gasteiger partial charge in [-0.2, -0.15) is 0 Å². The number of hydrogen-bond acceptors (Lipinski definition) is 7. The number of H-pyrrole nitrogens is 1. The molecule has 1 unspecified atom stereocenters. The zero-order chi connectivity index (χ0) is 23.4. The lowest BCUT2D eigenvalue weighted by atomic mass is 9.98. The summed E-state index contributed by atoms with van der Waals surface area (Å²) < 4.78 is 12.5. The molecule has 1 saturated heterocycles. The average molecular weight is 449 g/mol. The van der Waals surface area contributed by atoms with Crippen molar-refractivity contribution >= 4 is 22.0 Å². The number of phenolic OH excluding ortho intramolecular Hbond substituents is 1. The number of aromatic amines is 1. The van der Waals surface area contributed by atoms with E-state index in [2.05, 4.69) is 9.97 Å². The van der Waals surface area contributed by atoms with Crippen LogP contribution in [0.1, 0.15) is 29.5 Å². The zero-order valence-corrected chi connectivity index (χ0v) is 18.5. The summed E-state index contributed by atoms with van der Waals surface area (Å²) in [5.41, 5.74) is 1.46. The van der Waals surface area contributed by atoms with Crippen molar-refractivity contribution in [2.24, 2.45) is 0 Å². The van der Waals surface area contributed by atoms with Crippen molar-refractivity contribution in [2.75, 3.05) is 6.61 Å². The minimum absolute atomic E-state index is 0.0846. The highest BCUT2D eigenvalue weighted by molar-refractivity contribution is 5.92. The molecule has 1 aromatic carbocycles. The van der Waals surface area contributed by atoms with E-state index in [-0.39, 0.29) is 29.4 Å². The first-order valence-corrected chi connectivity index (χ1v) is 10.8. The van der Waals surface area contributed by atoms with E-state index < -0.39 is 16.9 Å². The molecule has 9 heteroatoms. The Morgan fingerprint density at radius 3 is 2.64 bits per heavy atom. The van der Waals surface area contributed by atoms with Gasteiger partial charge in [-0.3, -0.25) is 14.3 Å². The van der Waals surface area contributed by atoms with Crippen LogP contribution < -0.4 is 16.9 Å². The fourth-order valence-electron chi connectivity index (χ4n) is 4.39. The van der Waals surface area contributed by atoms with Crippen LogP contribution in [0.25, 0.3) is 33.3 Å². The van der Waals surface area contributed by atoms with E-state index in [1.807, 2.05) is 6.92 Å². The third kappa shape index (κ3) is 3.36. The third-order valence-electron chi connectivity index (χ3n) is 6.48. The molecule has 1 fully saturated rings. The SMILES string of the molecule is Cc1c(C)c2cc(-c3ccc4c(=O)[nH]c(=O)n(CC5CCCO5)c4n3)c(O)c(C)c2oc1=O. The second-order valence-electron chi connectivity index (χ2n) is 8.49. The van der Waals surface area contributed by atoms with Gasteiger partial charge in [-0.1, -0.05) is 0 Å². The van der Waals surface area contributed by atoms with Gasteiger partial charge in [-0.15, -0.1) is 0 Å². The molecule has 33 heavy (non-hydrogen) atoms. The van der Waals surface area contributed by atoms with Gasteiger partial charge in [0.05, 0.1) is 23.7 Å². The summed E-state index contributed by atoms with van der Waals surface area (Å²) in [5.74, 6) is -0.0846. The number of benzene rings is 1. The molecule has 9 nitrogen and oxygen atoms in total. The lowest BCUT2D eigenvalue weighted by Crippen LogP contribution is -2.34. The monoisotopic (exact) mass is 449 g/mol. The van der Waals surface area contributed by atoms with E-state index in [1.54, 1.807) is 32.0 Å². The van der Waals surface area contributed by atoms with Crippen molar-refractivity contribution in [3.8, 4) is 17.0 Å². The summed E-state index contributed by atoms with van der Waals surface area (Å²) in [6, 6.07) is 4.93. The van der Waals surface area contributed by atoms with Crippen LogP contribution in [0.3, 0.4) is 0 Å². The third-order valence-corrected chi connectivity index (χ3v) is 6.48. The molecule has 0 aliphatic carbocycles. The summed E-state index contributed by atoms with van der Waals surface area (Å²) >= 11 is 0. The Balaban J connectivity index is 1.77. The molecule has 2 N–H and O–H groups in total. The van der Waals surface area contributed by atoms with Gasteiger partial charge in [0.15, 0.2) is 0 Å². The lowest BCUT2D eigenvalue weighted by Gasteiger charge is -2.15. The Labute approximate surface area is 187 Å². The molecular formula is C24H23N3O6. The van der Waals surface area contributed by atoms with Crippen LogP contribution >= 0.6 is 0 Å². The number of hydrogen-bond donors (Lipinski definition) is 2. The molecule has 4 aromatic rings. The molecule has 4 heterocycles. The molecule has 0 spiro atoms. The van der Waals surface area contributed by atoms with Gasteiger partial charge >= 0.3 is 11.3 Å². The van der Waals surface area contributed by atoms with Gasteiger partial charge in [0.1, 0.15) is 17.0 Å². The highest BCUT2D eigenvalue weighted by Crippen LogP contribution is 2.38. The minimum atomic E-state index is -0.556. The number of nitrogens with one attached hydrogen (secondary N) is 1. The number of nitrogens with zero attached hydrogens (tertiary/aromatic N) is 2. The average Bonchev–Trinajstić information content (AvgIpc) is 3.31. The number of pyridine rings is 1. The van der Waals surface area contributed by atoms with Crippen LogP contribution in [0.4, 0.5) is 0 Å². The van der Waals surface area contributed by atoms with E-state index in [0.717, 1.165) is 18.4 Å². The van der Waals surface area contributed by atoms with Gasteiger partial charge < -0.3 is 14.3 Å². The summed E-state index contributed by atoms with van der Waals surface area (Å²) in [7, 11) is 0. The first-order valence-electron chi connectivity index (χ1n) is 10.8. The van der Waals surface area contributed by atoms with Gasteiger partial charge in [0.2, 0.25) is 0 Å².